The Bertz CT molecular complexity index is 391. The monoisotopic (exact) mass is 265 g/mol. The van der Waals surface area contributed by atoms with Crippen molar-refractivity contribution in [2.45, 2.75) is 38.8 Å². The van der Waals surface area contributed by atoms with E-state index >= 15 is 0 Å². The van der Waals surface area contributed by atoms with Crippen molar-refractivity contribution in [2.24, 2.45) is 5.84 Å². The molecule has 1 atom stereocenters. The summed E-state index contributed by atoms with van der Waals surface area (Å²) in [6, 6.07) is 8.08. The second-order valence-corrected chi connectivity index (χ2v) is 5.53. The van der Waals surface area contributed by atoms with Crippen LogP contribution in [0.5, 0.6) is 5.75 Å². The van der Waals surface area contributed by atoms with Crippen LogP contribution in [0.2, 0.25) is 0 Å². The summed E-state index contributed by atoms with van der Waals surface area (Å²) in [7, 11) is 4.11. The Labute approximate surface area is 116 Å². The standard InChI is InChI=1S/C15H27N3O/c1-6-11-19-13-10-8-7-9-12(13)14(17-16)15(2,3)18(4)5/h7-10,14,17H,6,11,16H2,1-5H3. The van der Waals surface area contributed by atoms with Gasteiger partial charge in [-0.1, -0.05) is 25.1 Å². The van der Waals surface area contributed by atoms with Gasteiger partial charge in [-0.3, -0.25) is 11.3 Å². The summed E-state index contributed by atoms with van der Waals surface area (Å²) < 4.78 is 5.83. The summed E-state index contributed by atoms with van der Waals surface area (Å²) in [5.41, 5.74) is 3.91. The molecule has 0 spiro atoms. The van der Waals surface area contributed by atoms with Crippen molar-refractivity contribution in [1.29, 1.82) is 0 Å². The van der Waals surface area contributed by atoms with Crippen LogP contribution in [0, 0.1) is 0 Å². The highest BCUT2D eigenvalue weighted by atomic mass is 16.5. The fourth-order valence-electron chi connectivity index (χ4n) is 1.99. The number of benzene rings is 1. The maximum Gasteiger partial charge on any atom is 0.124 e. The van der Waals surface area contributed by atoms with Crippen LogP contribution < -0.4 is 16.0 Å². The average molecular weight is 265 g/mol. The Morgan fingerprint density at radius 2 is 1.95 bits per heavy atom. The molecule has 1 rings (SSSR count). The Morgan fingerprint density at radius 3 is 2.47 bits per heavy atom. The van der Waals surface area contributed by atoms with Gasteiger partial charge in [-0.05, 0) is 40.4 Å². The average Bonchev–Trinajstić information content (AvgIpc) is 2.38. The SMILES string of the molecule is CCCOc1ccccc1C(NN)C(C)(C)N(C)C. The van der Waals surface area contributed by atoms with Crippen LogP contribution in [0.1, 0.15) is 38.8 Å². The van der Waals surface area contributed by atoms with Gasteiger partial charge in [-0.25, -0.2) is 0 Å². The molecule has 0 saturated heterocycles. The van der Waals surface area contributed by atoms with E-state index in [1.165, 1.54) is 0 Å². The van der Waals surface area contributed by atoms with E-state index in [2.05, 4.69) is 51.3 Å². The number of nitrogens with zero attached hydrogens (tertiary/aromatic N) is 1. The first-order valence-electron chi connectivity index (χ1n) is 6.80. The number of rotatable bonds is 7. The molecule has 4 heteroatoms. The molecule has 4 nitrogen and oxygen atoms in total. The minimum Gasteiger partial charge on any atom is -0.493 e. The molecular weight excluding hydrogens is 238 g/mol. The topological polar surface area (TPSA) is 50.5 Å². The predicted octanol–water partition coefficient (Wildman–Crippen LogP) is 2.32. The minimum atomic E-state index is -0.125. The van der Waals surface area contributed by atoms with Gasteiger partial charge < -0.3 is 9.64 Å². The number of hydrogen-bond donors (Lipinski definition) is 2. The van der Waals surface area contributed by atoms with E-state index in [0.717, 1.165) is 24.3 Å². The van der Waals surface area contributed by atoms with Gasteiger partial charge in [0.1, 0.15) is 5.75 Å². The van der Waals surface area contributed by atoms with Gasteiger partial charge in [0.05, 0.1) is 12.6 Å². The summed E-state index contributed by atoms with van der Waals surface area (Å²) >= 11 is 0. The van der Waals surface area contributed by atoms with Crippen molar-refractivity contribution in [3.05, 3.63) is 29.8 Å². The first-order valence-corrected chi connectivity index (χ1v) is 6.80. The summed E-state index contributed by atoms with van der Waals surface area (Å²) in [6.45, 7) is 7.14. The molecule has 0 bridgehead atoms. The molecule has 0 radical (unpaired) electrons. The van der Waals surface area contributed by atoms with Gasteiger partial charge in [0.25, 0.3) is 0 Å². The molecule has 0 saturated carbocycles. The van der Waals surface area contributed by atoms with E-state index < -0.39 is 0 Å². The Balaban J connectivity index is 3.11. The van der Waals surface area contributed by atoms with Gasteiger partial charge >= 0.3 is 0 Å². The number of para-hydroxylation sites is 1. The molecular formula is C15H27N3O. The molecule has 0 aromatic heterocycles. The van der Waals surface area contributed by atoms with Gasteiger partial charge in [0, 0.05) is 11.1 Å². The highest BCUT2D eigenvalue weighted by molar-refractivity contribution is 5.37. The molecule has 0 fully saturated rings. The lowest BCUT2D eigenvalue weighted by molar-refractivity contribution is 0.135. The number of likely N-dealkylation sites (N-methyl/N-ethyl adjacent to an activating group) is 1. The predicted molar refractivity (Wildman–Crippen MR) is 80.1 cm³/mol. The normalized spacial score (nSPS) is 13.6. The summed E-state index contributed by atoms with van der Waals surface area (Å²) in [5, 5.41) is 0. The third-order valence-electron chi connectivity index (χ3n) is 3.72. The van der Waals surface area contributed by atoms with E-state index in [9.17, 15) is 0 Å². The van der Waals surface area contributed by atoms with Crippen LogP contribution >= 0.6 is 0 Å². The first kappa shape index (κ1) is 16.0. The van der Waals surface area contributed by atoms with E-state index in [4.69, 9.17) is 10.6 Å². The highest BCUT2D eigenvalue weighted by Gasteiger charge is 2.33. The Kier molecular flexibility index (Phi) is 5.79. The van der Waals surface area contributed by atoms with Gasteiger partial charge in [0.2, 0.25) is 0 Å². The van der Waals surface area contributed by atoms with Crippen molar-refractivity contribution < 1.29 is 4.74 Å². The third kappa shape index (κ3) is 3.69. The molecule has 0 aliphatic rings. The van der Waals surface area contributed by atoms with Crippen LogP contribution in [0.15, 0.2) is 24.3 Å². The number of nitrogens with two attached hydrogens (primary N) is 1. The lowest BCUT2D eigenvalue weighted by atomic mass is 9.87. The van der Waals surface area contributed by atoms with E-state index in [0.29, 0.717) is 0 Å². The quantitative estimate of drug-likeness (QED) is 0.587. The zero-order chi connectivity index (χ0) is 14.5. The van der Waals surface area contributed by atoms with Gasteiger partial charge in [0.15, 0.2) is 0 Å². The molecule has 0 aliphatic heterocycles. The molecule has 0 aliphatic carbocycles. The van der Waals surface area contributed by atoms with Crippen LogP contribution in [-0.4, -0.2) is 31.1 Å². The second-order valence-electron chi connectivity index (χ2n) is 5.53. The number of hydrogen-bond acceptors (Lipinski definition) is 4. The maximum absolute atomic E-state index is 5.83. The zero-order valence-electron chi connectivity index (χ0n) is 12.7. The first-order chi connectivity index (χ1) is 8.95. The van der Waals surface area contributed by atoms with E-state index in [1.807, 2.05) is 18.2 Å². The molecule has 0 heterocycles. The molecule has 0 amide bonds. The highest BCUT2D eigenvalue weighted by Crippen LogP contribution is 2.34. The fraction of sp³-hybridized carbons (Fsp3) is 0.600. The smallest absolute Gasteiger partial charge is 0.124 e. The van der Waals surface area contributed by atoms with Crippen LogP contribution in [-0.2, 0) is 0 Å². The Hall–Kier alpha value is -1.10. The molecule has 3 N–H and O–H groups in total. The largest absolute Gasteiger partial charge is 0.493 e. The number of ether oxygens (including phenoxy) is 1. The molecule has 19 heavy (non-hydrogen) atoms. The lowest BCUT2D eigenvalue weighted by Crippen LogP contribution is -2.51. The van der Waals surface area contributed by atoms with Crippen molar-refractivity contribution >= 4 is 0 Å². The minimum absolute atomic E-state index is 0.00411. The number of hydrazine groups is 1. The van der Waals surface area contributed by atoms with Gasteiger partial charge in [-0.15, -0.1) is 0 Å². The van der Waals surface area contributed by atoms with Crippen molar-refractivity contribution in [1.82, 2.24) is 10.3 Å². The van der Waals surface area contributed by atoms with Crippen molar-refractivity contribution in [2.75, 3.05) is 20.7 Å². The summed E-state index contributed by atoms with van der Waals surface area (Å²) in [4.78, 5) is 2.16. The van der Waals surface area contributed by atoms with Crippen molar-refractivity contribution in [3.63, 3.8) is 0 Å². The van der Waals surface area contributed by atoms with Crippen molar-refractivity contribution in [3.8, 4) is 5.75 Å². The molecule has 1 aromatic rings. The maximum atomic E-state index is 5.83. The van der Waals surface area contributed by atoms with E-state index in [-0.39, 0.29) is 11.6 Å². The fourth-order valence-corrected chi connectivity index (χ4v) is 1.99. The molecule has 1 unspecified atom stereocenters. The number of nitrogens with one attached hydrogen (secondary N) is 1. The zero-order valence-corrected chi connectivity index (χ0v) is 12.7. The van der Waals surface area contributed by atoms with Gasteiger partial charge in [-0.2, -0.15) is 0 Å². The summed E-state index contributed by atoms with van der Waals surface area (Å²) in [6.07, 6.45) is 0.992. The van der Waals surface area contributed by atoms with Crippen LogP contribution in [0.25, 0.3) is 0 Å². The van der Waals surface area contributed by atoms with Crippen LogP contribution in [0.4, 0.5) is 0 Å². The van der Waals surface area contributed by atoms with E-state index in [1.54, 1.807) is 0 Å². The lowest BCUT2D eigenvalue weighted by Gasteiger charge is -2.40. The molecule has 108 valence electrons. The van der Waals surface area contributed by atoms with Crippen LogP contribution in [0.3, 0.4) is 0 Å². The summed E-state index contributed by atoms with van der Waals surface area (Å²) in [5.74, 6) is 6.70. The third-order valence-corrected chi connectivity index (χ3v) is 3.72. The molecule has 1 aromatic carbocycles. The second kappa shape index (κ2) is 6.89. The Morgan fingerprint density at radius 1 is 1.32 bits per heavy atom.